The maximum absolute atomic E-state index is 12.0. The fourth-order valence-electron chi connectivity index (χ4n) is 1.69. The summed E-state index contributed by atoms with van der Waals surface area (Å²) in [6, 6.07) is 7.31. The zero-order valence-electron chi connectivity index (χ0n) is 11.7. The van der Waals surface area contributed by atoms with Gasteiger partial charge in [0, 0.05) is 11.7 Å². The fraction of sp³-hybridized carbons (Fsp3) is 0.214. The van der Waals surface area contributed by atoms with Gasteiger partial charge in [0.25, 0.3) is 5.91 Å². The molecule has 6 nitrogen and oxygen atoms in total. The standard InChI is InChI=1S/C14H16N2O4S/c1-10(2)16-21(18,19)13-5-3-12(4-6-13)15-14(17)11-7-8-20-9-11/h3-10,16H,1-2H3,(H,15,17). The number of furan rings is 1. The summed E-state index contributed by atoms with van der Waals surface area (Å²) in [5, 5.41) is 2.65. The predicted molar refractivity (Wildman–Crippen MR) is 78.6 cm³/mol. The van der Waals surface area contributed by atoms with Crippen molar-refractivity contribution in [2.45, 2.75) is 24.8 Å². The summed E-state index contributed by atoms with van der Waals surface area (Å²) in [6.07, 6.45) is 2.74. The summed E-state index contributed by atoms with van der Waals surface area (Å²) in [4.78, 5) is 12.0. The summed E-state index contributed by atoms with van der Waals surface area (Å²) in [5.41, 5.74) is 0.901. The Bertz CT molecular complexity index is 704. The van der Waals surface area contributed by atoms with Crippen molar-refractivity contribution in [3.05, 3.63) is 48.4 Å². The van der Waals surface area contributed by atoms with Gasteiger partial charge in [-0.1, -0.05) is 0 Å². The topological polar surface area (TPSA) is 88.4 Å². The zero-order chi connectivity index (χ0) is 15.5. The number of benzene rings is 1. The van der Waals surface area contributed by atoms with E-state index in [1.807, 2.05) is 0 Å². The number of carbonyl (C=O) groups excluding carboxylic acids is 1. The molecule has 0 aliphatic heterocycles. The second-order valence-corrected chi connectivity index (χ2v) is 6.48. The molecule has 112 valence electrons. The number of anilines is 1. The van der Waals surface area contributed by atoms with Crippen LogP contribution in [-0.4, -0.2) is 20.4 Å². The molecular weight excluding hydrogens is 292 g/mol. The molecule has 0 bridgehead atoms. The summed E-state index contributed by atoms with van der Waals surface area (Å²) in [7, 11) is -3.53. The molecule has 0 saturated heterocycles. The van der Waals surface area contributed by atoms with Gasteiger partial charge in [-0.15, -0.1) is 0 Å². The van der Waals surface area contributed by atoms with Gasteiger partial charge in [0.05, 0.1) is 16.7 Å². The number of sulfonamides is 1. The molecule has 0 fully saturated rings. The Morgan fingerprint density at radius 2 is 1.81 bits per heavy atom. The highest BCUT2D eigenvalue weighted by atomic mass is 32.2. The van der Waals surface area contributed by atoms with E-state index in [-0.39, 0.29) is 16.8 Å². The van der Waals surface area contributed by atoms with Crippen LogP contribution in [0.3, 0.4) is 0 Å². The molecule has 2 N–H and O–H groups in total. The molecule has 0 radical (unpaired) electrons. The second-order valence-electron chi connectivity index (χ2n) is 4.77. The van der Waals surface area contributed by atoms with Crippen molar-refractivity contribution >= 4 is 21.6 Å². The van der Waals surface area contributed by atoms with Crippen LogP contribution in [0.5, 0.6) is 0 Å². The number of hydrogen-bond acceptors (Lipinski definition) is 4. The molecule has 0 aliphatic rings. The first kappa shape index (κ1) is 15.3. The van der Waals surface area contributed by atoms with Gasteiger partial charge in [0.1, 0.15) is 6.26 Å². The summed E-state index contributed by atoms with van der Waals surface area (Å²) < 4.78 is 31.2. The van der Waals surface area contributed by atoms with Crippen molar-refractivity contribution in [2.24, 2.45) is 0 Å². The zero-order valence-corrected chi connectivity index (χ0v) is 12.5. The Morgan fingerprint density at radius 1 is 1.14 bits per heavy atom. The van der Waals surface area contributed by atoms with E-state index in [9.17, 15) is 13.2 Å². The average molecular weight is 308 g/mol. The van der Waals surface area contributed by atoms with E-state index in [0.717, 1.165) is 0 Å². The smallest absolute Gasteiger partial charge is 0.258 e. The predicted octanol–water partition coefficient (Wildman–Crippen LogP) is 2.22. The van der Waals surface area contributed by atoms with E-state index in [2.05, 4.69) is 10.0 Å². The minimum Gasteiger partial charge on any atom is -0.472 e. The lowest BCUT2D eigenvalue weighted by Crippen LogP contribution is -2.30. The SMILES string of the molecule is CC(C)NS(=O)(=O)c1ccc(NC(=O)c2ccoc2)cc1. The minimum absolute atomic E-state index is 0.150. The maximum Gasteiger partial charge on any atom is 0.258 e. The van der Waals surface area contributed by atoms with E-state index in [0.29, 0.717) is 11.3 Å². The number of hydrogen-bond donors (Lipinski definition) is 2. The Labute approximate surface area is 123 Å². The third kappa shape index (κ3) is 3.93. The minimum atomic E-state index is -3.53. The third-order valence-corrected chi connectivity index (χ3v) is 4.27. The van der Waals surface area contributed by atoms with Gasteiger partial charge in [-0.2, -0.15) is 0 Å². The van der Waals surface area contributed by atoms with Gasteiger partial charge < -0.3 is 9.73 Å². The van der Waals surface area contributed by atoms with Crippen molar-refractivity contribution in [3.8, 4) is 0 Å². The van der Waals surface area contributed by atoms with Crippen molar-refractivity contribution in [2.75, 3.05) is 5.32 Å². The van der Waals surface area contributed by atoms with Crippen LogP contribution in [0.25, 0.3) is 0 Å². The van der Waals surface area contributed by atoms with Crippen LogP contribution in [-0.2, 0) is 10.0 Å². The van der Waals surface area contributed by atoms with Gasteiger partial charge in [-0.25, -0.2) is 13.1 Å². The molecule has 0 saturated carbocycles. The van der Waals surface area contributed by atoms with E-state index < -0.39 is 10.0 Å². The quantitative estimate of drug-likeness (QED) is 0.886. The first-order chi connectivity index (χ1) is 9.88. The lowest BCUT2D eigenvalue weighted by Gasteiger charge is -2.10. The molecule has 0 aliphatic carbocycles. The van der Waals surface area contributed by atoms with Crippen molar-refractivity contribution in [3.63, 3.8) is 0 Å². The molecule has 0 spiro atoms. The lowest BCUT2D eigenvalue weighted by atomic mass is 10.3. The highest BCUT2D eigenvalue weighted by molar-refractivity contribution is 7.89. The molecule has 0 atom stereocenters. The normalized spacial score (nSPS) is 11.6. The Balaban J connectivity index is 2.11. The van der Waals surface area contributed by atoms with E-state index >= 15 is 0 Å². The average Bonchev–Trinajstić information content (AvgIpc) is 2.91. The number of carbonyl (C=O) groups is 1. The molecule has 1 aromatic carbocycles. The Kier molecular flexibility index (Phi) is 4.44. The molecule has 2 aromatic rings. The highest BCUT2D eigenvalue weighted by Gasteiger charge is 2.15. The third-order valence-electron chi connectivity index (χ3n) is 2.60. The number of rotatable bonds is 5. The molecule has 1 heterocycles. The molecule has 21 heavy (non-hydrogen) atoms. The van der Waals surface area contributed by atoms with Gasteiger partial charge >= 0.3 is 0 Å². The molecule has 7 heteroatoms. The van der Waals surface area contributed by atoms with Gasteiger partial charge in [-0.3, -0.25) is 4.79 Å². The summed E-state index contributed by atoms with van der Waals surface area (Å²) in [5.74, 6) is -0.320. The Morgan fingerprint density at radius 3 is 2.33 bits per heavy atom. The van der Waals surface area contributed by atoms with Crippen LogP contribution in [0.4, 0.5) is 5.69 Å². The van der Waals surface area contributed by atoms with E-state index in [4.69, 9.17) is 4.42 Å². The van der Waals surface area contributed by atoms with Gasteiger partial charge in [-0.05, 0) is 44.2 Å². The molecular formula is C14H16N2O4S. The van der Waals surface area contributed by atoms with Crippen molar-refractivity contribution < 1.29 is 17.6 Å². The maximum atomic E-state index is 12.0. The highest BCUT2D eigenvalue weighted by Crippen LogP contribution is 2.15. The van der Waals surface area contributed by atoms with Gasteiger partial charge in [0.2, 0.25) is 10.0 Å². The van der Waals surface area contributed by atoms with Crippen LogP contribution in [0.15, 0.2) is 52.2 Å². The van der Waals surface area contributed by atoms with Crippen LogP contribution < -0.4 is 10.0 Å². The Hall–Kier alpha value is -2.12. The molecule has 0 unspecified atom stereocenters. The number of amides is 1. The molecule has 1 aromatic heterocycles. The van der Waals surface area contributed by atoms with Crippen LogP contribution in [0.2, 0.25) is 0 Å². The lowest BCUT2D eigenvalue weighted by molar-refractivity contribution is 0.102. The first-order valence-corrected chi connectivity index (χ1v) is 7.83. The van der Waals surface area contributed by atoms with Gasteiger partial charge in [0.15, 0.2) is 0 Å². The monoisotopic (exact) mass is 308 g/mol. The molecule has 1 amide bonds. The van der Waals surface area contributed by atoms with Crippen LogP contribution in [0.1, 0.15) is 24.2 Å². The summed E-state index contributed by atoms with van der Waals surface area (Å²) in [6.45, 7) is 3.49. The van der Waals surface area contributed by atoms with E-state index in [1.54, 1.807) is 19.9 Å². The van der Waals surface area contributed by atoms with Crippen LogP contribution >= 0.6 is 0 Å². The first-order valence-electron chi connectivity index (χ1n) is 6.34. The summed E-state index contributed by atoms with van der Waals surface area (Å²) >= 11 is 0. The van der Waals surface area contributed by atoms with E-state index in [1.165, 1.54) is 36.8 Å². The van der Waals surface area contributed by atoms with Crippen molar-refractivity contribution in [1.82, 2.24) is 4.72 Å². The van der Waals surface area contributed by atoms with Crippen molar-refractivity contribution in [1.29, 1.82) is 0 Å². The second kappa shape index (κ2) is 6.11. The fourth-order valence-corrected chi connectivity index (χ4v) is 2.94. The number of nitrogens with one attached hydrogen (secondary N) is 2. The van der Waals surface area contributed by atoms with Crippen LogP contribution in [0, 0.1) is 0 Å². The molecule has 2 rings (SSSR count). The largest absolute Gasteiger partial charge is 0.472 e.